The maximum atomic E-state index is 11.2. The van der Waals surface area contributed by atoms with Gasteiger partial charge in [0.05, 0.1) is 0 Å². The number of hydrogen-bond donors (Lipinski definition) is 0. The zero-order valence-electron chi connectivity index (χ0n) is 8.62. The molecule has 0 aromatic rings. The van der Waals surface area contributed by atoms with Gasteiger partial charge in [-0.25, -0.2) is 4.31 Å². The third-order valence-electron chi connectivity index (χ3n) is 2.22. The van der Waals surface area contributed by atoms with Crippen LogP contribution in [0.3, 0.4) is 0 Å². The van der Waals surface area contributed by atoms with Gasteiger partial charge >= 0.3 is 0 Å². The van der Waals surface area contributed by atoms with Gasteiger partial charge in [-0.1, -0.05) is 26.2 Å². The van der Waals surface area contributed by atoms with Crippen molar-refractivity contribution in [2.75, 3.05) is 5.75 Å². The molecule has 4 heteroatoms. The topological polar surface area (TPSA) is 37.4 Å². The Kier molecular flexibility index (Phi) is 5.01. The number of unbranched alkanes of at least 4 members (excludes halogenated alkanes) is 3. The summed E-state index contributed by atoms with van der Waals surface area (Å²) in [5, 5.41) is 0. The second kappa shape index (κ2) is 6.06. The molecule has 0 radical (unpaired) electrons. The summed E-state index contributed by atoms with van der Waals surface area (Å²) in [6.07, 6.45) is 5.55. The number of rotatable bonds is 6. The molecule has 14 heavy (non-hydrogen) atoms. The van der Waals surface area contributed by atoms with E-state index in [-0.39, 0.29) is 11.8 Å². The Morgan fingerprint density at radius 2 is 1.79 bits per heavy atom. The van der Waals surface area contributed by atoms with Crippen molar-refractivity contribution in [1.29, 1.82) is 0 Å². The van der Waals surface area contributed by atoms with E-state index in [4.69, 9.17) is 0 Å². The molecule has 0 aromatic heterocycles. The van der Waals surface area contributed by atoms with Gasteiger partial charge in [-0.3, -0.25) is 9.59 Å². The monoisotopic (exact) mass is 215 g/mol. The van der Waals surface area contributed by atoms with Crippen molar-refractivity contribution in [1.82, 2.24) is 4.31 Å². The molecule has 0 bridgehead atoms. The van der Waals surface area contributed by atoms with Gasteiger partial charge in [-0.05, 0) is 18.4 Å². The van der Waals surface area contributed by atoms with Crippen LogP contribution >= 0.6 is 11.9 Å². The van der Waals surface area contributed by atoms with Crippen LogP contribution in [0.2, 0.25) is 0 Å². The van der Waals surface area contributed by atoms with E-state index < -0.39 is 0 Å². The van der Waals surface area contributed by atoms with E-state index in [0.29, 0.717) is 12.8 Å². The van der Waals surface area contributed by atoms with E-state index in [1.54, 1.807) is 0 Å². The molecule has 1 aliphatic rings. The lowest BCUT2D eigenvalue weighted by Crippen LogP contribution is -2.21. The molecular formula is C10H17NO2S. The summed E-state index contributed by atoms with van der Waals surface area (Å²) in [5.74, 6) is 0.850. The summed E-state index contributed by atoms with van der Waals surface area (Å²) >= 11 is 1.38. The number of nitrogens with zero attached hydrogens (tertiary/aromatic N) is 1. The molecule has 1 rings (SSSR count). The molecule has 1 aliphatic heterocycles. The van der Waals surface area contributed by atoms with Crippen molar-refractivity contribution in [3.8, 4) is 0 Å². The summed E-state index contributed by atoms with van der Waals surface area (Å²) in [7, 11) is 0. The predicted molar refractivity (Wildman–Crippen MR) is 57.7 cm³/mol. The number of carbonyl (C=O) groups excluding carboxylic acids is 2. The maximum Gasteiger partial charge on any atom is 0.239 e. The van der Waals surface area contributed by atoms with Crippen LogP contribution in [0.25, 0.3) is 0 Å². The number of imide groups is 1. The average molecular weight is 215 g/mol. The molecule has 2 amide bonds. The predicted octanol–water partition coefficient (Wildman–Crippen LogP) is 2.36. The zero-order chi connectivity index (χ0) is 10.4. The highest BCUT2D eigenvalue weighted by Crippen LogP contribution is 2.22. The highest BCUT2D eigenvalue weighted by atomic mass is 32.2. The van der Waals surface area contributed by atoms with E-state index in [1.165, 1.54) is 35.5 Å². The van der Waals surface area contributed by atoms with Crippen LogP contribution in [0.4, 0.5) is 0 Å². The van der Waals surface area contributed by atoms with Gasteiger partial charge in [0.1, 0.15) is 0 Å². The van der Waals surface area contributed by atoms with Crippen molar-refractivity contribution in [2.24, 2.45) is 0 Å². The molecule has 1 saturated heterocycles. The maximum absolute atomic E-state index is 11.2. The minimum atomic E-state index is -0.0181. The van der Waals surface area contributed by atoms with Crippen LogP contribution in [0.1, 0.15) is 45.4 Å². The molecule has 0 unspecified atom stereocenters. The second-order valence-corrected chi connectivity index (χ2v) is 4.51. The molecule has 0 atom stereocenters. The molecular weight excluding hydrogens is 198 g/mol. The number of carbonyl (C=O) groups is 2. The smallest absolute Gasteiger partial charge is 0.239 e. The Morgan fingerprint density at radius 3 is 2.36 bits per heavy atom. The second-order valence-electron chi connectivity index (χ2n) is 3.48. The zero-order valence-corrected chi connectivity index (χ0v) is 9.44. The fourth-order valence-electron chi connectivity index (χ4n) is 1.38. The lowest BCUT2D eigenvalue weighted by Gasteiger charge is -2.11. The van der Waals surface area contributed by atoms with Crippen LogP contribution < -0.4 is 0 Å². The number of amides is 2. The van der Waals surface area contributed by atoms with Crippen molar-refractivity contribution in [2.45, 2.75) is 45.4 Å². The molecule has 1 heterocycles. The largest absolute Gasteiger partial charge is 0.273 e. The summed E-state index contributed by atoms with van der Waals surface area (Å²) in [6.45, 7) is 2.17. The van der Waals surface area contributed by atoms with E-state index >= 15 is 0 Å². The Morgan fingerprint density at radius 1 is 1.14 bits per heavy atom. The quantitative estimate of drug-likeness (QED) is 0.388. The normalized spacial score (nSPS) is 16.8. The Labute approximate surface area is 89.4 Å². The van der Waals surface area contributed by atoms with Gasteiger partial charge in [0, 0.05) is 18.6 Å². The number of hydrogen-bond acceptors (Lipinski definition) is 3. The SMILES string of the molecule is CCCCCCSN1C(=O)CCC1=O. The highest BCUT2D eigenvalue weighted by Gasteiger charge is 2.28. The first-order chi connectivity index (χ1) is 6.75. The van der Waals surface area contributed by atoms with Gasteiger partial charge in [0.2, 0.25) is 11.8 Å². The van der Waals surface area contributed by atoms with Crippen molar-refractivity contribution in [3.63, 3.8) is 0 Å². The fraction of sp³-hybridized carbons (Fsp3) is 0.800. The van der Waals surface area contributed by atoms with Crippen LogP contribution in [0, 0.1) is 0 Å². The molecule has 80 valence electrons. The van der Waals surface area contributed by atoms with Crippen LogP contribution in [0.15, 0.2) is 0 Å². The first kappa shape index (κ1) is 11.6. The Hall–Kier alpha value is -0.510. The van der Waals surface area contributed by atoms with Crippen molar-refractivity contribution >= 4 is 23.8 Å². The molecule has 3 nitrogen and oxygen atoms in total. The van der Waals surface area contributed by atoms with Crippen LogP contribution in [-0.2, 0) is 9.59 Å². The third-order valence-corrected chi connectivity index (χ3v) is 3.36. The minimum Gasteiger partial charge on any atom is -0.273 e. The molecule has 0 spiro atoms. The molecule has 0 saturated carbocycles. The van der Waals surface area contributed by atoms with E-state index in [2.05, 4.69) is 6.92 Å². The van der Waals surface area contributed by atoms with Gasteiger partial charge in [-0.2, -0.15) is 0 Å². The summed E-state index contributed by atoms with van der Waals surface area (Å²) in [5.41, 5.74) is 0. The van der Waals surface area contributed by atoms with Gasteiger partial charge < -0.3 is 0 Å². The first-order valence-corrected chi connectivity index (χ1v) is 6.18. The van der Waals surface area contributed by atoms with E-state index in [0.717, 1.165) is 12.2 Å². The van der Waals surface area contributed by atoms with E-state index in [1.807, 2.05) is 0 Å². The average Bonchev–Trinajstić information content (AvgIpc) is 2.48. The summed E-state index contributed by atoms with van der Waals surface area (Å²) in [6, 6.07) is 0. The molecule has 0 N–H and O–H groups in total. The molecule has 0 aromatic carbocycles. The van der Waals surface area contributed by atoms with Crippen LogP contribution in [-0.4, -0.2) is 21.9 Å². The van der Waals surface area contributed by atoms with Crippen molar-refractivity contribution < 1.29 is 9.59 Å². The Balaban J connectivity index is 2.11. The van der Waals surface area contributed by atoms with Gasteiger partial charge in [0.15, 0.2) is 0 Å². The van der Waals surface area contributed by atoms with E-state index in [9.17, 15) is 9.59 Å². The molecule has 1 fully saturated rings. The fourth-order valence-corrected chi connectivity index (χ4v) is 2.37. The van der Waals surface area contributed by atoms with Gasteiger partial charge in [0.25, 0.3) is 0 Å². The standard InChI is InChI=1S/C10H17NO2S/c1-2-3-4-5-8-14-11-9(12)6-7-10(11)13/h2-8H2,1H3. The molecule has 0 aliphatic carbocycles. The lowest BCUT2D eigenvalue weighted by molar-refractivity contribution is -0.131. The first-order valence-electron chi connectivity index (χ1n) is 5.24. The van der Waals surface area contributed by atoms with Crippen molar-refractivity contribution in [3.05, 3.63) is 0 Å². The third kappa shape index (κ3) is 3.33. The Bertz CT molecular complexity index is 202. The summed E-state index contributed by atoms with van der Waals surface area (Å²) in [4.78, 5) is 22.4. The minimum absolute atomic E-state index is 0.0181. The van der Waals surface area contributed by atoms with Gasteiger partial charge in [-0.15, -0.1) is 0 Å². The summed E-state index contributed by atoms with van der Waals surface area (Å²) < 4.78 is 1.34. The highest BCUT2D eigenvalue weighted by molar-refractivity contribution is 7.98. The lowest BCUT2D eigenvalue weighted by atomic mass is 10.2. The van der Waals surface area contributed by atoms with Crippen LogP contribution in [0.5, 0.6) is 0 Å².